The summed E-state index contributed by atoms with van der Waals surface area (Å²) < 4.78 is 5.16. The van der Waals surface area contributed by atoms with Gasteiger partial charge in [0.05, 0.1) is 25.9 Å². The summed E-state index contributed by atoms with van der Waals surface area (Å²) in [4.78, 5) is 16.2. The zero-order valence-corrected chi connectivity index (χ0v) is 13.3. The van der Waals surface area contributed by atoms with Crippen LogP contribution in [-0.2, 0) is 17.9 Å². The molecule has 0 aromatic carbocycles. The van der Waals surface area contributed by atoms with Gasteiger partial charge in [0, 0.05) is 6.54 Å². The third-order valence-electron chi connectivity index (χ3n) is 2.80. The third kappa shape index (κ3) is 5.61. The van der Waals surface area contributed by atoms with E-state index in [2.05, 4.69) is 26.3 Å². The number of rotatable bonds is 7. The van der Waals surface area contributed by atoms with Gasteiger partial charge in [0.15, 0.2) is 5.96 Å². The van der Waals surface area contributed by atoms with Crippen LogP contribution in [0, 0.1) is 0 Å². The molecule has 1 amide bonds. The lowest BCUT2D eigenvalue weighted by Crippen LogP contribution is -2.43. The van der Waals surface area contributed by atoms with Crippen LogP contribution in [0.5, 0.6) is 0 Å². The smallest absolute Gasteiger partial charge is 0.239 e. The molecule has 22 heavy (non-hydrogen) atoms. The number of thiophene rings is 1. The molecule has 2 aromatic rings. The lowest BCUT2D eigenvalue weighted by Gasteiger charge is -2.11. The highest BCUT2D eigenvalue weighted by atomic mass is 32.1. The van der Waals surface area contributed by atoms with Crippen LogP contribution in [0.25, 0.3) is 0 Å². The average Bonchev–Trinajstić information content (AvgIpc) is 3.21. The van der Waals surface area contributed by atoms with Gasteiger partial charge >= 0.3 is 0 Å². The first kappa shape index (κ1) is 16.1. The van der Waals surface area contributed by atoms with E-state index in [1.54, 1.807) is 23.7 Å². The van der Waals surface area contributed by atoms with E-state index >= 15 is 0 Å². The number of amides is 1. The van der Waals surface area contributed by atoms with Crippen LogP contribution in [-0.4, -0.2) is 25.0 Å². The molecule has 2 aromatic heterocycles. The minimum atomic E-state index is -0.113. The standard InChI is InChI=1S/C15H20N4O2S/c1-2-16-15(18-8-12-5-7-22-11-12)19-10-14(20)17-9-13-4-3-6-21-13/h3-7,11H,2,8-10H2,1H3,(H,17,20)(H2,16,18,19). The van der Waals surface area contributed by atoms with Gasteiger partial charge in [0.1, 0.15) is 5.76 Å². The Morgan fingerprint density at radius 2 is 2.23 bits per heavy atom. The van der Waals surface area contributed by atoms with E-state index < -0.39 is 0 Å². The van der Waals surface area contributed by atoms with Gasteiger partial charge in [-0.05, 0) is 41.4 Å². The van der Waals surface area contributed by atoms with E-state index in [1.165, 1.54) is 0 Å². The fourth-order valence-electron chi connectivity index (χ4n) is 1.72. The van der Waals surface area contributed by atoms with E-state index in [-0.39, 0.29) is 12.5 Å². The number of nitrogens with one attached hydrogen (secondary N) is 3. The Balaban J connectivity index is 1.75. The summed E-state index contributed by atoms with van der Waals surface area (Å²) >= 11 is 1.65. The van der Waals surface area contributed by atoms with Gasteiger partial charge in [-0.25, -0.2) is 4.99 Å². The van der Waals surface area contributed by atoms with Crippen LogP contribution >= 0.6 is 11.3 Å². The number of carbonyl (C=O) groups is 1. The van der Waals surface area contributed by atoms with Gasteiger partial charge in [-0.1, -0.05) is 0 Å². The lowest BCUT2D eigenvalue weighted by molar-refractivity contribution is -0.120. The summed E-state index contributed by atoms with van der Waals surface area (Å²) in [6.07, 6.45) is 1.58. The van der Waals surface area contributed by atoms with Crippen molar-refractivity contribution in [3.63, 3.8) is 0 Å². The Labute approximate surface area is 133 Å². The van der Waals surface area contributed by atoms with Crippen LogP contribution in [0.2, 0.25) is 0 Å². The second kappa shape index (κ2) is 8.89. The molecule has 0 atom stereocenters. The van der Waals surface area contributed by atoms with Gasteiger partial charge in [-0.2, -0.15) is 11.3 Å². The van der Waals surface area contributed by atoms with Crippen molar-refractivity contribution in [2.45, 2.75) is 20.0 Å². The predicted octanol–water partition coefficient (Wildman–Crippen LogP) is 1.71. The van der Waals surface area contributed by atoms with E-state index in [0.717, 1.165) is 17.9 Å². The van der Waals surface area contributed by atoms with E-state index in [4.69, 9.17) is 4.42 Å². The Kier molecular flexibility index (Phi) is 6.50. The highest BCUT2D eigenvalue weighted by molar-refractivity contribution is 7.07. The van der Waals surface area contributed by atoms with Crippen LogP contribution < -0.4 is 16.0 Å². The number of hydrogen-bond donors (Lipinski definition) is 3. The first-order valence-electron chi connectivity index (χ1n) is 7.10. The first-order chi connectivity index (χ1) is 10.8. The van der Waals surface area contributed by atoms with Crippen LogP contribution in [0.3, 0.4) is 0 Å². The predicted molar refractivity (Wildman–Crippen MR) is 87.7 cm³/mol. The van der Waals surface area contributed by atoms with Gasteiger partial charge < -0.3 is 20.4 Å². The second-order valence-corrected chi connectivity index (χ2v) is 5.32. The Bertz CT molecular complexity index is 579. The van der Waals surface area contributed by atoms with Gasteiger partial charge in [0.25, 0.3) is 0 Å². The molecule has 118 valence electrons. The Hall–Kier alpha value is -2.28. The van der Waals surface area contributed by atoms with Crippen LogP contribution in [0.4, 0.5) is 0 Å². The maximum absolute atomic E-state index is 11.8. The van der Waals surface area contributed by atoms with Gasteiger partial charge in [0.2, 0.25) is 5.91 Å². The molecule has 0 saturated heterocycles. The van der Waals surface area contributed by atoms with E-state index in [9.17, 15) is 4.79 Å². The Morgan fingerprint density at radius 1 is 1.32 bits per heavy atom. The molecule has 6 nitrogen and oxygen atoms in total. The monoisotopic (exact) mass is 320 g/mol. The molecule has 2 heterocycles. The maximum atomic E-state index is 11.8. The highest BCUT2D eigenvalue weighted by Gasteiger charge is 2.04. The van der Waals surface area contributed by atoms with Crippen molar-refractivity contribution in [2.75, 3.05) is 13.1 Å². The number of furan rings is 1. The molecule has 0 unspecified atom stereocenters. The largest absolute Gasteiger partial charge is 0.467 e. The number of carbonyl (C=O) groups excluding carboxylic acids is 1. The fourth-order valence-corrected chi connectivity index (χ4v) is 2.38. The number of aliphatic imine (C=N–C) groups is 1. The minimum Gasteiger partial charge on any atom is -0.467 e. The zero-order chi connectivity index (χ0) is 15.6. The summed E-state index contributed by atoms with van der Waals surface area (Å²) in [7, 11) is 0. The van der Waals surface area contributed by atoms with Crippen molar-refractivity contribution in [2.24, 2.45) is 4.99 Å². The molecule has 0 aliphatic carbocycles. The van der Waals surface area contributed by atoms with E-state index in [1.807, 2.05) is 24.4 Å². The number of nitrogens with zero attached hydrogens (tertiary/aromatic N) is 1. The van der Waals surface area contributed by atoms with Crippen molar-refractivity contribution >= 4 is 23.2 Å². The normalized spacial score (nSPS) is 11.2. The van der Waals surface area contributed by atoms with Crippen molar-refractivity contribution in [3.8, 4) is 0 Å². The van der Waals surface area contributed by atoms with Crippen molar-refractivity contribution < 1.29 is 9.21 Å². The summed E-state index contributed by atoms with van der Waals surface area (Å²) in [6, 6.07) is 5.65. The summed E-state index contributed by atoms with van der Waals surface area (Å²) in [5, 5.41) is 13.0. The minimum absolute atomic E-state index is 0.113. The second-order valence-electron chi connectivity index (χ2n) is 4.54. The molecule has 0 spiro atoms. The molecule has 2 rings (SSSR count). The molecule has 0 fully saturated rings. The first-order valence-corrected chi connectivity index (χ1v) is 8.04. The van der Waals surface area contributed by atoms with Crippen LogP contribution in [0.1, 0.15) is 18.2 Å². The van der Waals surface area contributed by atoms with Crippen LogP contribution in [0.15, 0.2) is 44.6 Å². The molecular formula is C15H20N4O2S. The zero-order valence-electron chi connectivity index (χ0n) is 12.5. The quantitative estimate of drug-likeness (QED) is 0.536. The molecule has 0 saturated carbocycles. The molecule has 0 bridgehead atoms. The van der Waals surface area contributed by atoms with Crippen molar-refractivity contribution in [3.05, 3.63) is 46.5 Å². The topological polar surface area (TPSA) is 78.7 Å². The van der Waals surface area contributed by atoms with E-state index in [0.29, 0.717) is 19.0 Å². The van der Waals surface area contributed by atoms with Crippen molar-refractivity contribution in [1.29, 1.82) is 0 Å². The highest BCUT2D eigenvalue weighted by Crippen LogP contribution is 2.06. The molecular weight excluding hydrogens is 300 g/mol. The SMILES string of the molecule is CCNC(=NCc1ccsc1)NCC(=O)NCc1ccco1. The number of hydrogen-bond acceptors (Lipinski definition) is 4. The number of guanidine groups is 1. The van der Waals surface area contributed by atoms with Crippen molar-refractivity contribution in [1.82, 2.24) is 16.0 Å². The molecule has 0 aliphatic rings. The summed E-state index contributed by atoms with van der Waals surface area (Å²) in [6.45, 7) is 3.86. The maximum Gasteiger partial charge on any atom is 0.239 e. The fraction of sp³-hybridized carbons (Fsp3) is 0.333. The van der Waals surface area contributed by atoms with Gasteiger partial charge in [-0.15, -0.1) is 0 Å². The molecule has 0 radical (unpaired) electrons. The Morgan fingerprint density at radius 3 is 2.91 bits per heavy atom. The van der Waals surface area contributed by atoms with Gasteiger partial charge in [-0.3, -0.25) is 4.79 Å². The summed E-state index contributed by atoms with van der Waals surface area (Å²) in [5.74, 6) is 1.24. The summed E-state index contributed by atoms with van der Waals surface area (Å²) in [5.41, 5.74) is 1.16. The lowest BCUT2D eigenvalue weighted by atomic mass is 10.3. The molecule has 3 N–H and O–H groups in total. The molecule has 0 aliphatic heterocycles. The third-order valence-corrected chi connectivity index (χ3v) is 3.53. The molecule has 7 heteroatoms. The average molecular weight is 320 g/mol.